The van der Waals surface area contributed by atoms with Crippen LogP contribution in [0.25, 0.3) is 0 Å². The molecule has 0 fully saturated rings. The first-order valence-corrected chi connectivity index (χ1v) is 6.39. The summed E-state index contributed by atoms with van der Waals surface area (Å²) in [6, 6.07) is 6.97. The van der Waals surface area contributed by atoms with Gasteiger partial charge in [-0.05, 0) is 32.0 Å². The van der Waals surface area contributed by atoms with E-state index in [2.05, 4.69) is 22.7 Å². The second-order valence-electron chi connectivity index (χ2n) is 4.78. The molecule has 1 aromatic carbocycles. The van der Waals surface area contributed by atoms with Crippen molar-refractivity contribution in [3.8, 4) is 0 Å². The Balaban J connectivity index is 2.13. The molecule has 0 aliphatic heterocycles. The standard InChI is InChI=1S/C14H19N5O/c1-9(13-8-19(3)18-10(13)2)16-11-5-4-6-12(7-11)17-14(15)20/h4-9,16H,1-3H3,(H3,15,17,20). The van der Waals surface area contributed by atoms with Crippen LogP contribution in [0.3, 0.4) is 0 Å². The van der Waals surface area contributed by atoms with E-state index in [1.54, 1.807) is 10.7 Å². The molecule has 1 atom stereocenters. The highest BCUT2D eigenvalue weighted by atomic mass is 16.2. The first-order valence-electron chi connectivity index (χ1n) is 6.39. The number of carbonyl (C=O) groups is 1. The third kappa shape index (κ3) is 3.28. The fourth-order valence-electron chi connectivity index (χ4n) is 2.20. The van der Waals surface area contributed by atoms with Crippen molar-refractivity contribution in [2.45, 2.75) is 19.9 Å². The summed E-state index contributed by atoms with van der Waals surface area (Å²) in [4.78, 5) is 10.9. The van der Waals surface area contributed by atoms with Gasteiger partial charge in [-0.25, -0.2) is 4.79 Å². The van der Waals surface area contributed by atoms with Crippen molar-refractivity contribution in [1.82, 2.24) is 9.78 Å². The Morgan fingerprint density at radius 1 is 1.40 bits per heavy atom. The second-order valence-corrected chi connectivity index (χ2v) is 4.78. The number of primary amides is 1. The van der Waals surface area contributed by atoms with Crippen LogP contribution in [0.2, 0.25) is 0 Å². The van der Waals surface area contributed by atoms with Crippen LogP contribution in [-0.4, -0.2) is 15.8 Å². The summed E-state index contributed by atoms with van der Waals surface area (Å²) in [7, 11) is 1.90. The lowest BCUT2D eigenvalue weighted by atomic mass is 10.1. The fraction of sp³-hybridized carbons (Fsp3) is 0.286. The van der Waals surface area contributed by atoms with Gasteiger partial charge in [-0.2, -0.15) is 5.10 Å². The molecule has 6 heteroatoms. The van der Waals surface area contributed by atoms with E-state index in [0.29, 0.717) is 5.69 Å². The summed E-state index contributed by atoms with van der Waals surface area (Å²) in [5, 5.41) is 10.3. The Bertz CT molecular complexity index is 620. The lowest BCUT2D eigenvalue weighted by molar-refractivity contribution is 0.259. The number of carbonyl (C=O) groups excluding carboxylic acids is 1. The fourth-order valence-corrected chi connectivity index (χ4v) is 2.20. The molecule has 0 bridgehead atoms. The summed E-state index contributed by atoms with van der Waals surface area (Å²) in [5.41, 5.74) is 8.82. The highest BCUT2D eigenvalue weighted by Gasteiger charge is 2.11. The summed E-state index contributed by atoms with van der Waals surface area (Å²) < 4.78 is 1.80. The zero-order valence-corrected chi connectivity index (χ0v) is 11.8. The van der Waals surface area contributed by atoms with Crippen LogP contribution in [0, 0.1) is 6.92 Å². The number of aryl methyl sites for hydroxylation is 2. The van der Waals surface area contributed by atoms with E-state index < -0.39 is 6.03 Å². The predicted molar refractivity (Wildman–Crippen MR) is 79.6 cm³/mol. The van der Waals surface area contributed by atoms with Crippen LogP contribution in [-0.2, 0) is 7.05 Å². The van der Waals surface area contributed by atoms with Gasteiger partial charge in [-0.3, -0.25) is 4.68 Å². The average Bonchev–Trinajstić information content (AvgIpc) is 2.68. The van der Waals surface area contributed by atoms with Crippen LogP contribution in [0.1, 0.15) is 24.2 Å². The van der Waals surface area contributed by atoms with Gasteiger partial charge >= 0.3 is 6.03 Å². The molecule has 0 saturated heterocycles. The molecule has 1 heterocycles. The van der Waals surface area contributed by atoms with Crippen LogP contribution < -0.4 is 16.4 Å². The Hall–Kier alpha value is -2.50. The molecule has 1 aromatic heterocycles. The van der Waals surface area contributed by atoms with Crippen molar-refractivity contribution in [2.24, 2.45) is 12.8 Å². The molecule has 0 aliphatic rings. The largest absolute Gasteiger partial charge is 0.378 e. The number of nitrogens with zero attached hydrogens (tertiary/aromatic N) is 2. The van der Waals surface area contributed by atoms with Gasteiger partial charge in [0.15, 0.2) is 0 Å². The Labute approximate surface area is 118 Å². The summed E-state index contributed by atoms with van der Waals surface area (Å²) in [6.45, 7) is 4.05. The maximum absolute atomic E-state index is 10.9. The van der Waals surface area contributed by atoms with Crippen molar-refractivity contribution in [3.05, 3.63) is 41.7 Å². The SMILES string of the molecule is Cc1nn(C)cc1C(C)Nc1cccc(NC(N)=O)c1. The normalized spacial score (nSPS) is 11.9. The highest BCUT2D eigenvalue weighted by Crippen LogP contribution is 2.23. The van der Waals surface area contributed by atoms with Crippen molar-refractivity contribution >= 4 is 17.4 Å². The van der Waals surface area contributed by atoms with Gasteiger partial charge in [0, 0.05) is 30.2 Å². The number of nitrogens with two attached hydrogens (primary N) is 1. The first-order chi connectivity index (χ1) is 9.45. The van der Waals surface area contributed by atoms with E-state index in [0.717, 1.165) is 16.9 Å². The maximum atomic E-state index is 10.9. The van der Waals surface area contributed by atoms with Crippen LogP contribution in [0.15, 0.2) is 30.5 Å². The molecule has 2 aromatic rings. The minimum atomic E-state index is -0.571. The maximum Gasteiger partial charge on any atom is 0.316 e. The number of anilines is 2. The summed E-state index contributed by atoms with van der Waals surface area (Å²) >= 11 is 0. The van der Waals surface area contributed by atoms with Gasteiger partial charge in [0.05, 0.1) is 11.7 Å². The smallest absolute Gasteiger partial charge is 0.316 e. The molecule has 1 unspecified atom stereocenters. The van der Waals surface area contributed by atoms with Gasteiger partial charge in [0.2, 0.25) is 0 Å². The van der Waals surface area contributed by atoms with Gasteiger partial charge in [0.1, 0.15) is 0 Å². The third-order valence-corrected chi connectivity index (χ3v) is 3.03. The Morgan fingerprint density at radius 2 is 2.10 bits per heavy atom. The number of hydrogen-bond donors (Lipinski definition) is 3. The quantitative estimate of drug-likeness (QED) is 0.799. The molecule has 6 nitrogen and oxygen atoms in total. The number of amides is 2. The number of hydrogen-bond acceptors (Lipinski definition) is 3. The Kier molecular flexibility index (Phi) is 3.93. The zero-order chi connectivity index (χ0) is 14.7. The van der Waals surface area contributed by atoms with Crippen LogP contribution in [0.4, 0.5) is 16.2 Å². The van der Waals surface area contributed by atoms with Crippen molar-refractivity contribution in [3.63, 3.8) is 0 Å². The van der Waals surface area contributed by atoms with E-state index in [-0.39, 0.29) is 6.04 Å². The zero-order valence-electron chi connectivity index (χ0n) is 11.8. The number of aromatic nitrogens is 2. The van der Waals surface area contributed by atoms with E-state index in [9.17, 15) is 4.79 Å². The number of nitrogens with one attached hydrogen (secondary N) is 2. The van der Waals surface area contributed by atoms with E-state index in [4.69, 9.17) is 5.73 Å². The number of urea groups is 1. The monoisotopic (exact) mass is 273 g/mol. The lowest BCUT2D eigenvalue weighted by Crippen LogP contribution is -2.19. The molecule has 0 aliphatic carbocycles. The predicted octanol–water partition coefficient (Wildman–Crippen LogP) is 2.39. The van der Waals surface area contributed by atoms with Gasteiger partial charge in [-0.15, -0.1) is 0 Å². The molecule has 106 valence electrons. The van der Waals surface area contributed by atoms with E-state index in [1.165, 1.54) is 0 Å². The third-order valence-electron chi connectivity index (χ3n) is 3.03. The first kappa shape index (κ1) is 13.9. The van der Waals surface area contributed by atoms with Gasteiger partial charge in [0.25, 0.3) is 0 Å². The number of benzene rings is 1. The minimum absolute atomic E-state index is 0.118. The van der Waals surface area contributed by atoms with Gasteiger partial charge < -0.3 is 16.4 Å². The van der Waals surface area contributed by atoms with Crippen molar-refractivity contribution in [1.29, 1.82) is 0 Å². The van der Waals surface area contributed by atoms with Crippen molar-refractivity contribution < 1.29 is 4.79 Å². The molecule has 0 saturated carbocycles. The van der Waals surface area contributed by atoms with Crippen molar-refractivity contribution in [2.75, 3.05) is 10.6 Å². The Morgan fingerprint density at radius 3 is 2.70 bits per heavy atom. The number of rotatable bonds is 4. The average molecular weight is 273 g/mol. The highest BCUT2D eigenvalue weighted by molar-refractivity contribution is 5.88. The molecule has 0 radical (unpaired) electrons. The molecule has 20 heavy (non-hydrogen) atoms. The molecule has 0 spiro atoms. The van der Waals surface area contributed by atoms with Crippen LogP contribution >= 0.6 is 0 Å². The molecular formula is C14H19N5O. The van der Waals surface area contributed by atoms with Crippen LogP contribution in [0.5, 0.6) is 0 Å². The van der Waals surface area contributed by atoms with E-state index in [1.807, 2.05) is 38.4 Å². The molecule has 2 amide bonds. The summed E-state index contributed by atoms with van der Waals surface area (Å²) in [6.07, 6.45) is 2.00. The van der Waals surface area contributed by atoms with E-state index >= 15 is 0 Å². The topological polar surface area (TPSA) is 85.0 Å². The van der Waals surface area contributed by atoms with Gasteiger partial charge in [-0.1, -0.05) is 6.07 Å². The second kappa shape index (κ2) is 5.64. The summed E-state index contributed by atoms with van der Waals surface area (Å²) in [5.74, 6) is 0. The minimum Gasteiger partial charge on any atom is -0.378 e. The molecular weight excluding hydrogens is 254 g/mol. The molecule has 2 rings (SSSR count). The molecule has 4 N–H and O–H groups in total. The lowest BCUT2D eigenvalue weighted by Gasteiger charge is -2.15.